The van der Waals surface area contributed by atoms with Gasteiger partial charge in [0.05, 0.1) is 17.7 Å². The Labute approximate surface area is 163 Å². The summed E-state index contributed by atoms with van der Waals surface area (Å²) >= 11 is 6.23. The Balaban J connectivity index is 1.45. The monoisotopic (exact) mass is 381 g/mol. The second-order valence-corrected chi connectivity index (χ2v) is 7.17. The summed E-state index contributed by atoms with van der Waals surface area (Å²) in [4.78, 5) is 23.1. The zero-order chi connectivity index (χ0) is 18.6. The van der Waals surface area contributed by atoms with Crippen LogP contribution in [-0.4, -0.2) is 33.9 Å². The third kappa shape index (κ3) is 4.03. The average Bonchev–Trinajstić information content (AvgIpc) is 3.19. The smallest absolute Gasteiger partial charge is 0.255 e. The first-order valence-corrected chi connectivity index (χ1v) is 9.46. The molecule has 138 valence electrons. The van der Waals surface area contributed by atoms with Crippen molar-refractivity contribution in [3.8, 4) is 0 Å². The van der Waals surface area contributed by atoms with Gasteiger partial charge in [-0.3, -0.25) is 9.78 Å². The van der Waals surface area contributed by atoms with Crippen molar-refractivity contribution in [2.45, 2.75) is 25.2 Å². The van der Waals surface area contributed by atoms with Crippen LogP contribution in [0.5, 0.6) is 0 Å². The molecule has 1 atom stereocenters. The largest absolute Gasteiger partial charge is 0.445 e. The standard InChI is InChI=1S/C21H20ClN3O2/c22-19-8-2-1-5-15(19)11-18-13-24-20(27-18)17-7-4-10-25(14-17)21(26)16-6-3-9-23-12-16/h1-3,5-6,8-9,12-13,17H,4,7,10-11,14H2. The lowest BCUT2D eigenvalue weighted by Gasteiger charge is -2.31. The molecule has 1 aromatic carbocycles. The van der Waals surface area contributed by atoms with Crippen molar-refractivity contribution in [3.63, 3.8) is 0 Å². The minimum absolute atomic E-state index is 0.00986. The molecule has 3 heterocycles. The summed E-state index contributed by atoms with van der Waals surface area (Å²) in [5, 5.41) is 0.723. The minimum Gasteiger partial charge on any atom is -0.445 e. The molecule has 1 amide bonds. The average molecular weight is 382 g/mol. The number of hydrogen-bond donors (Lipinski definition) is 0. The molecule has 0 radical (unpaired) electrons. The van der Waals surface area contributed by atoms with Gasteiger partial charge in [0.25, 0.3) is 5.91 Å². The molecule has 2 aromatic heterocycles. The number of oxazole rings is 1. The lowest BCUT2D eigenvalue weighted by atomic mass is 9.97. The number of aromatic nitrogens is 2. The van der Waals surface area contributed by atoms with Gasteiger partial charge >= 0.3 is 0 Å². The highest BCUT2D eigenvalue weighted by molar-refractivity contribution is 6.31. The van der Waals surface area contributed by atoms with Gasteiger partial charge in [-0.25, -0.2) is 4.98 Å². The van der Waals surface area contributed by atoms with Crippen LogP contribution in [0, 0.1) is 0 Å². The highest BCUT2D eigenvalue weighted by atomic mass is 35.5. The van der Waals surface area contributed by atoms with Gasteiger partial charge in [0.1, 0.15) is 5.76 Å². The molecule has 1 unspecified atom stereocenters. The molecular formula is C21H20ClN3O2. The van der Waals surface area contributed by atoms with Gasteiger partial charge in [0.15, 0.2) is 5.89 Å². The highest BCUT2D eigenvalue weighted by Crippen LogP contribution is 2.28. The first kappa shape index (κ1) is 17.7. The van der Waals surface area contributed by atoms with E-state index >= 15 is 0 Å². The van der Waals surface area contributed by atoms with E-state index in [-0.39, 0.29) is 11.8 Å². The first-order valence-electron chi connectivity index (χ1n) is 9.08. The van der Waals surface area contributed by atoms with Gasteiger partial charge in [-0.2, -0.15) is 0 Å². The Bertz CT molecular complexity index is 926. The van der Waals surface area contributed by atoms with Crippen molar-refractivity contribution in [3.05, 3.63) is 82.8 Å². The second kappa shape index (κ2) is 7.92. The summed E-state index contributed by atoms with van der Waals surface area (Å²) < 4.78 is 6.00. The fraction of sp³-hybridized carbons (Fsp3) is 0.286. The lowest BCUT2D eigenvalue weighted by Crippen LogP contribution is -2.39. The summed E-state index contributed by atoms with van der Waals surface area (Å²) in [6.45, 7) is 1.36. The predicted molar refractivity (Wildman–Crippen MR) is 103 cm³/mol. The summed E-state index contributed by atoms with van der Waals surface area (Å²) in [7, 11) is 0. The van der Waals surface area contributed by atoms with Gasteiger partial charge in [-0.05, 0) is 36.6 Å². The molecule has 1 aliphatic rings. The van der Waals surface area contributed by atoms with Gasteiger partial charge in [0.2, 0.25) is 0 Å². The fourth-order valence-electron chi connectivity index (χ4n) is 3.46. The van der Waals surface area contributed by atoms with Crippen LogP contribution in [-0.2, 0) is 6.42 Å². The second-order valence-electron chi connectivity index (χ2n) is 6.77. The van der Waals surface area contributed by atoms with Crippen molar-refractivity contribution in [2.24, 2.45) is 0 Å². The SMILES string of the molecule is O=C(c1cccnc1)N1CCCC(c2ncc(Cc3ccccc3Cl)o2)C1. The van der Waals surface area contributed by atoms with E-state index in [4.69, 9.17) is 16.0 Å². The number of rotatable bonds is 4. The van der Waals surface area contributed by atoms with E-state index in [1.165, 1.54) is 0 Å². The Hall–Kier alpha value is -2.66. The number of carbonyl (C=O) groups excluding carboxylic acids is 1. The van der Waals surface area contributed by atoms with Gasteiger partial charge in [-0.1, -0.05) is 29.8 Å². The van der Waals surface area contributed by atoms with Crippen LogP contribution in [0.4, 0.5) is 0 Å². The molecule has 1 aliphatic heterocycles. The molecule has 0 aliphatic carbocycles. The highest BCUT2D eigenvalue weighted by Gasteiger charge is 2.28. The van der Waals surface area contributed by atoms with Gasteiger partial charge < -0.3 is 9.32 Å². The Morgan fingerprint density at radius 1 is 1.22 bits per heavy atom. The number of carbonyl (C=O) groups is 1. The number of benzene rings is 1. The summed E-state index contributed by atoms with van der Waals surface area (Å²) in [6.07, 6.45) is 7.54. The number of amides is 1. The summed E-state index contributed by atoms with van der Waals surface area (Å²) in [6, 6.07) is 11.3. The van der Waals surface area contributed by atoms with Crippen LogP contribution < -0.4 is 0 Å². The van der Waals surface area contributed by atoms with Crippen molar-refractivity contribution in [2.75, 3.05) is 13.1 Å². The van der Waals surface area contributed by atoms with Crippen LogP contribution in [0.25, 0.3) is 0 Å². The summed E-state index contributed by atoms with van der Waals surface area (Å²) in [5.41, 5.74) is 1.63. The van der Waals surface area contributed by atoms with E-state index < -0.39 is 0 Å². The Morgan fingerprint density at radius 2 is 2.11 bits per heavy atom. The van der Waals surface area contributed by atoms with Crippen LogP contribution in [0.15, 0.2) is 59.4 Å². The molecule has 0 saturated carbocycles. The number of hydrogen-bond acceptors (Lipinski definition) is 4. The zero-order valence-corrected chi connectivity index (χ0v) is 15.6. The van der Waals surface area contributed by atoms with Crippen LogP contribution in [0.3, 0.4) is 0 Å². The van der Waals surface area contributed by atoms with E-state index in [0.29, 0.717) is 24.4 Å². The zero-order valence-electron chi connectivity index (χ0n) is 14.8. The topological polar surface area (TPSA) is 59.2 Å². The van der Waals surface area contributed by atoms with Crippen molar-refractivity contribution < 1.29 is 9.21 Å². The number of nitrogens with zero attached hydrogens (tertiary/aromatic N) is 3. The molecule has 0 spiro atoms. The molecule has 1 saturated heterocycles. The Morgan fingerprint density at radius 3 is 2.93 bits per heavy atom. The molecule has 0 N–H and O–H groups in total. The minimum atomic E-state index is 0.00986. The predicted octanol–water partition coefficient (Wildman–Crippen LogP) is 4.33. The third-order valence-electron chi connectivity index (χ3n) is 4.86. The maximum Gasteiger partial charge on any atom is 0.255 e. The molecular weight excluding hydrogens is 362 g/mol. The lowest BCUT2D eigenvalue weighted by molar-refractivity contribution is 0.0697. The fourth-order valence-corrected chi connectivity index (χ4v) is 3.66. The molecule has 4 rings (SSSR count). The van der Waals surface area contributed by atoms with Crippen LogP contribution in [0.2, 0.25) is 5.02 Å². The van der Waals surface area contributed by atoms with E-state index in [9.17, 15) is 4.79 Å². The number of likely N-dealkylation sites (tertiary alicyclic amines) is 1. The number of halogens is 1. The van der Waals surface area contributed by atoms with Crippen LogP contribution >= 0.6 is 11.6 Å². The van der Waals surface area contributed by atoms with E-state index in [1.54, 1.807) is 30.7 Å². The molecule has 3 aromatic rings. The van der Waals surface area contributed by atoms with Crippen molar-refractivity contribution in [1.29, 1.82) is 0 Å². The van der Waals surface area contributed by atoms with E-state index in [0.717, 1.165) is 35.7 Å². The number of piperidine rings is 1. The van der Waals surface area contributed by atoms with Gasteiger partial charge in [0, 0.05) is 36.9 Å². The third-order valence-corrected chi connectivity index (χ3v) is 5.23. The quantitative estimate of drug-likeness (QED) is 0.674. The van der Waals surface area contributed by atoms with Crippen molar-refractivity contribution in [1.82, 2.24) is 14.9 Å². The molecule has 6 heteroatoms. The first-order chi connectivity index (χ1) is 13.2. The maximum atomic E-state index is 12.7. The normalized spacial score (nSPS) is 17.1. The van der Waals surface area contributed by atoms with Crippen molar-refractivity contribution >= 4 is 17.5 Å². The molecule has 27 heavy (non-hydrogen) atoms. The van der Waals surface area contributed by atoms with E-state index in [2.05, 4.69) is 9.97 Å². The molecule has 1 fully saturated rings. The molecule has 0 bridgehead atoms. The van der Waals surface area contributed by atoms with E-state index in [1.807, 2.05) is 29.2 Å². The van der Waals surface area contributed by atoms with Gasteiger partial charge in [-0.15, -0.1) is 0 Å². The number of pyridine rings is 1. The van der Waals surface area contributed by atoms with Crippen LogP contribution in [0.1, 0.15) is 46.3 Å². The Kier molecular flexibility index (Phi) is 5.21. The summed E-state index contributed by atoms with van der Waals surface area (Å²) in [5.74, 6) is 1.60. The maximum absolute atomic E-state index is 12.7. The molecule has 5 nitrogen and oxygen atoms in total.